The van der Waals surface area contributed by atoms with E-state index in [4.69, 9.17) is 10.5 Å². The molecule has 1 heterocycles. The lowest BCUT2D eigenvalue weighted by Gasteiger charge is -2.10. The third-order valence-corrected chi connectivity index (χ3v) is 3.20. The van der Waals surface area contributed by atoms with Gasteiger partial charge in [0.15, 0.2) is 0 Å². The van der Waals surface area contributed by atoms with Gasteiger partial charge in [-0.15, -0.1) is 0 Å². The molecular weight excluding hydrogens is 212 g/mol. The van der Waals surface area contributed by atoms with Crippen molar-refractivity contribution < 1.29 is 4.74 Å². The first-order valence-electron chi connectivity index (χ1n) is 6.09. The van der Waals surface area contributed by atoms with Crippen molar-refractivity contribution in [3.63, 3.8) is 0 Å². The highest BCUT2D eigenvalue weighted by Crippen LogP contribution is 2.31. The Kier molecular flexibility index (Phi) is 3.69. The summed E-state index contributed by atoms with van der Waals surface area (Å²) in [5.41, 5.74) is 8.01. The summed E-state index contributed by atoms with van der Waals surface area (Å²) in [7, 11) is 3.80. The highest BCUT2D eigenvalue weighted by atomic mass is 16.5. The van der Waals surface area contributed by atoms with Crippen molar-refractivity contribution >= 4 is 10.9 Å². The first kappa shape index (κ1) is 12.0. The molecule has 3 nitrogen and oxygen atoms in total. The van der Waals surface area contributed by atoms with E-state index < -0.39 is 0 Å². The summed E-state index contributed by atoms with van der Waals surface area (Å²) in [6.07, 6.45) is 5.28. The molecule has 0 saturated heterocycles. The van der Waals surface area contributed by atoms with E-state index in [0.717, 1.165) is 31.6 Å². The van der Waals surface area contributed by atoms with Crippen LogP contribution in [0.5, 0.6) is 5.75 Å². The van der Waals surface area contributed by atoms with Crippen molar-refractivity contribution in [3.8, 4) is 5.75 Å². The van der Waals surface area contributed by atoms with Crippen LogP contribution in [0.1, 0.15) is 18.4 Å². The second-order valence-corrected chi connectivity index (χ2v) is 4.36. The molecule has 0 saturated carbocycles. The highest BCUT2D eigenvalue weighted by molar-refractivity contribution is 5.87. The van der Waals surface area contributed by atoms with E-state index in [0.29, 0.717) is 0 Å². The van der Waals surface area contributed by atoms with Crippen molar-refractivity contribution in [3.05, 3.63) is 30.0 Å². The van der Waals surface area contributed by atoms with E-state index in [-0.39, 0.29) is 0 Å². The van der Waals surface area contributed by atoms with Crippen molar-refractivity contribution in [1.29, 1.82) is 0 Å². The molecule has 1 aromatic heterocycles. The number of methoxy groups -OCH3 is 1. The molecule has 0 aliphatic rings. The third kappa shape index (κ3) is 2.29. The Morgan fingerprint density at radius 3 is 2.76 bits per heavy atom. The van der Waals surface area contributed by atoms with Crippen LogP contribution in [-0.4, -0.2) is 18.2 Å². The van der Waals surface area contributed by atoms with Crippen LogP contribution in [0.3, 0.4) is 0 Å². The van der Waals surface area contributed by atoms with Crippen LogP contribution in [0.15, 0.2) is 24.4 Å². The van der Waals surface area contributed by atoms with Gasteiger partial charge in [0.05, 0.1) is 12.6 Å². The maximum atomic E-state index is 5.56. The van der Waals surface area contributed by atoms with Gasteiger partial charge in [-0.2, -0.15) is 0 Å². The fourth-order valence-corrected chi connectivity index (χ4v) is 2.27. The van der Waals surface area contributed by atoms with E-state index >= 15 is 0 Å². The second kappa shape index (κ2) is 5.23. The Hall–Kier alpha value is -1.48. The van der Waals surface area contributed by atoms with Gasteiger partial charge >= 0.3 is 0 Å². The lowest BCUT2D eigenvalue weighted by Crippen LogP contribution is -2.00. The molecule has 0 fully saturated rings. The quantitative estimate of drug-likeness (QED) is 0.804. The number of ether oxygens (including phenoxy) is 1. The number of rotatable bonds is 5. The number of aryl methyl sites for hydroxylation is 2. The first-order chi connectivity index (χ1) is 8.27. The molecule has 2 rings (SSSR count). The highest BCUT2D eigenvalue weighted by Gasteiger charge is 2.09. The van der Waals surface area contributed by atoms with Crippen LogP contribution >= 0.6 is 0 Å². The van der Waals surface area contributed by atoms with Crippen LogP contribution in [0, 0.1) is 0 Å². The molecular formula is C14H20N2O. The standard InChI is InChI=1S/C14H20N2O/c1-16-10-8-12-13(16)7-6-11(14(12)17-2)5-3-4-9-15/h6-8,10H,3-5,9,15H2,1-2H3. The number of nitrogens with zero attached hydrogens (tertiary/aromatic N) is 1. The Morgan fingerprint density at radius 1 is 1.24 bits per heavy atom. The summed E-state index contributed by atoms with van der Waals surface area (Å²) in [4.78, 5) is 0. The minimum absolute atomic E-state index is 0.760. The van der Waals surface area contributed by atoms with Gasteiger partial charge in [0.25, 0.3) is 0 Å². The normalized spacial score (nSPS) is 11.0. The van der Waals surface area contributed by atoms with Gasteiger partial charge in [-0.05, 0) is 43.5 Å². The van der Waals surface area contributed by atoms with E-state index in [2.05, 4.69) is 36.0 Å². The van der Waals surface area contributed by atoms with E-state index in [1.54, 1.807) is 7.11 Å². The summed E-state index contributed by atoms with van der Waals surface area (Å²) in [6.45, 7) is 0.760. The summed E-state index contributed by atoms with van der Waals surface area (Å²) >= 11 is 0. The van der Waals surface area contributed by atoms with Crippen molar-refractivity contribution in [2.45, 2.75) is 19.3 Å². The van der Waals surface area contributed by atoms with Gasteiger partial charge in [0.2, 0.25) is 0 Å². The summed E-state index contributed by atoms with van der Waals surface area (Å²) in [5, 5.41) is 1.19. The average Bonchev–Trinajstić information content (AvgIpc) is 2.71. The van der Waals surface area contributed by atoms with Gasteiger partial charge < -0.3 is 15.0 Å². The number of hydrogen-bond donors (Lipinski definition) is 1. The molecule has 92 valence electrons. The summed E-state index contributed by atoms with van der Waals surface area (Å²) in [5.74, 6) is 1.01. The average molecular weight is 232 g/mol. The van der Waals surface area contributed by atoms with Crippen LogP contribution in [0.2, 0.25) is 0 Å². The summed E-state index contributed by atoms with van der Waals surface area (Å²) in [6, 6.07) is 6.44. The SMILES string of the molecule is COc1c(CCCCN)ccc2c1ccn2C. The fourth-order valence-electron chi connectivity index (χ4n) is 2.27. The maximum Gasteiger partial charge on any atom is 0.131 e. The number of hydrogen-bond acceptors (Lipinski definition) is 2. The largest absolute Gasteiger partial charge is 0.496 e. The minimum atomic E-state index is 0.760. The zero-order chi connectivity index (χ0) is 12.3. The third-order valence-electron chi connectivity index (χ3n) is 3.20. The van der Waals surface area contributed by atoms with E-state index in [1.807, 2.05) is 0 Å². The van der Waals surface area contributed by atoms with Gasteiger partial charge in [-0.1, -0.05) is 6.07 Å². The van der Waals surface area contributed by atoms with Crippen LogP contribution < -0.4 is 10.5 Å². The maximum absolute atomic E-state index is 5.56. The molecule has 0 spiro atoms. The molecule has 17 heavy (non-hydrogen) atoms. The fraction of sp³-hybridized carbons (Fsp3) is 0.429. The van der Waals surface area contributed by atoms with Crippen molar-refractivity contribution in [1.82, 2.24) is 4.57 Å². The summed E-state index contributed by atoms with van der Waals surface area (Å²) < 4.78 is 7.67. The molecule has 0 aliphatic heterocycles. The number of nitrogens with two attached hydrogens (primary N) is 1. The number of aromatic nitrogens is 1. The van der Waals surface area contributed by atoms with Gasteiger partial charge in [0.1, 0.15) is 5.75 Å². The van der Waals surface area contributed by atoms with Crippen LogP contribution in [-0.2, 0) is 13.5 Å². The van der Waals surface area contributed by atoms with Crippen LogP contribution in [0.25, 0.3) is 10.9 Å². The lowest BCUT2D eigenvalue weighted by atomic mass is 10.0. The Labute approximate surface area is 102 Å². The topological polar surface area (TPSA) is 40.2 Å². The van der Waals surface area contributed by atoms with Gasteiger partial charge in [0, 0.05) is 18.6 Å². The molecule has 0 atom stereocenters. The molecule has 0 unspecified atom stereocenters. The molecule has 2 N–H and O–H groups in total. The first-order valence-corrected chi connectivity index (χ1v) is 6.09. The lowest BCUT2D eigenvalue weighted by molar-refractivity contribution is 0.414. The van der Waals surface area contributed by atoms with Gasteiger partial charge in [-0.25, -0.2) is 0 Å². The monoisotopic (exact) mass is 232 g/mol. The predicted molar refractivity (Wildman–Crippen MR) is 71.5 cm³/mol. The van der Waals surface area contributed by atoms with Gasteiger partial charge in [-0.3, -0.25) is 0 Å². The number of unbranched alkanes of at least 4 members (excludes halogenated alkanes) is 1. The smallest absolute Gasteiger partial charge is 0.131 e. The molecule has 0 amide bonds. The predicted octanol–water partition coefficient (Wildman–Crippen LogP) is 2.47. The molecule has 0 radical (unpaired) electrons. The van der Waals surface area contributed by atoms with E-state index in [9.17, 15) is 0 Å². The van der Waals surface area contributed by atoms with Crippen molar-refractivity contribution in [2.75, 3.05) is 13.7 Å². The number of benzene rings is 1. The van der Waals surface area contributed by atoms with Crippen LogP contribution in [0.4, 0.5) is 0 Å². The molecule has 2 aromatic rings. The van der Waals surface area contributed by atoms with Crippen molar-refractivity contribution in [2.24, 2.45) is 12.8 Å². The Balaban J connectivity index is 2.35. The molecule has 0 aliphatic carbocycles. The molecule has 3 heteroatoms. The molecule has 0 bridgehead atoms. The Morgan fingerprint density at radius 2 is 2.06 bits per heavy atom. The minimum Gasteiger partial charge on any atom is -0.496 e. The Bertz CT molecular complexity index is 502. The van der Waals surface area contributed by atoms with E-state index in [1.165, 1.54) is 16.5 Å². The second-order valence-electron chi connectivity index (χ2n) is 4.36. The zero-order valence-electron chi connectivity index (χ0n) is 10.6. The zero-order valence-corrected chi connectivity index (χ0v) is 10.6. The number of fused-ring (bicyclic) bond motifs is 1. The molecule has 1 aromatic carbocycles.